The molecule has 7 heteroatoms. The second kappa shape index (κ2) is 8.80. The first-order chi connectivity index (χ1) is 11.5. The summed E-state index contributed by atoms with van der Waals surface area (Å²) in [5, 5.41) is 0. The van der Waals surface area contributed by atoms with Gasteiger partial charge in [0, 0.05) is 25.2 Å². The molecule has 0 amide bonds. The highest BCUT2D eigenvalue weighted by Crippen LogP contribution is 2.34. The molecule has 1 aliphatic heterocycles. The van der Waals surface area contributed by atoms with Gasteiger partial charge in [-0.15, -0.1) is 0 Å². The van der Waals surface area contributed by atoms with Crippen molar-refractivity contribution in [3.05, 3.63) is 36.0 Å². The number of hydrogen-bond donors (Lipinski definition) is 0. The number of hydrogen-bond acceptors (Lipinski definition) is 3. The summed E-state index contributed by atoms with van der Waals surface area (Å²) in [5.41, 5.74) is 1.63. The zero-order valence-corrected chi connectivity index (χ0v) is 13.4. The van der Waals surface area contributed by atoms with Crippen molar-refractivity contribution < 1.29 is 27.0 Å². The Balaban J connectivity index is 0.000000182. The van der Waals surface area contributed by atoms with Crippen molar-refractivity contribution in [2.45, 2.75) is 38.9 Å². The van der Waals surface area contributed by atoms with Crippen molar-refractivity contribution in [2.24, 2.45) is 5.92 Å². The number of allylic oxidation sites excluding steroid dienone is 2. The van der Waals surface area contributed by atoms with Gasteiger partial charge in [-0.1, -0.05) is 18.2 Å². The van der Waals surface area contributed by atoms with E-state index in [0.717, 1.165) is 18.1 Å². The molecule has 0 N–H and O–H groups in total. The van der Waals surface area contributed by atoms with Crippen molar-refractivity contribution in [3.63, 3.8) is 0 Å². The fraction of sp³-hybridized carbons (Fsp3) is 0.529. The summed E-state index contributed by atoms with van der Waals surface area (Å²) in [6.45, 7) is -4.86. The van der Waals surface area contributed by atoms with Crippen LogP contribution in [0.15, 0.2) is 36.0 Å². The van der Waals surface area contributed by atoms with Crippen LogP contribution < -0.4 is 9.47 Å². The number of likely N-dealkylation sites (tertiary alicyclic amines) is 1. The van der Waals surface area contributed by atoms with Crippen LogP contribution in [0.3, 0.4) is 0 Å². The van der Waals surface area contributed by atoms with Crippen LogP contribution in [0.1, 0.15) is 25.7 Å². The highest BCUT2D eigenvalue weighted by Gasteiger charge is 2.26. The van der Waals surface area contributed by atoms with Crippen LogP contribution in [0.4, 0.5) is 17.6 Å². The highest BCUT2D eigenvalue weighted by atomic mass is 19.3. The Kier molecular flexibility index (Phi) is 6.75. The molecular formula is C17H21F4NO2. The van der Waals surface area contributed by atoms with Gasteiger partial charge in [-0.3, -0.25) is 0 Å². The van der Waals surface area contributed by atoms with E-state index in [1.165, 1.54) is 44.4 Å². The molecule has 0 radical (unpaired) electrons. The number of ether oxygens (including phenoxy) is 2. The SMILES string of the molecule is CN1CCC2CCCC=C21.FC(F)Oc1ccccc1OC(F)F. The van der Waals surface area contributed by atoms with Gasteiger partial charge in [-0.25, -0.2) is 0 Å². The van der Waals surface area contributed by atoms with Gasteiger partial charge in [-0.2, -0.15) is 17.6 Å². The first-order valence-electron chi connectivity index (χ1n) is 7.87. The van der Waals surface area contributed by atoms with Crippen molar-refractivity contribution in [1.82, 2.24) is 4.90 Å². The Morgan fingerprint density at radius 1 is 1.00 bits per heavy atom. The van der Waals surface area contributed by atoms with E-state index < -0.39 is 24.7 Å². The average molecular weight is 347 g/mol. The first-order valence-corrected chi connectivity index (χ1v) is 7.87. The number of alkyl halides is 4. The quantitative estimate of drug-likeness (QED) is 0.724. The number of para-hydroxylation sites is 2. The molecule has 1 aromatic carbocycles. The van der Waals surface area contributed by atoms with E-state index in [2.05, 4.69) is 27.5 Å². The monoisotopic (exact) mass is 347 g/mol. The zero-order chi connectivity index (χ0) is 17.5. The lowest BCUT2D eigenvalue weighted by atomic mass is 9.93. The van der Waals surface area contributed by atoms with Gasteiger partial charge in [0.1, 0.15) is 0 Å². The lowest BCUT2D eigenvalue weighted by Gasteiger charge is -2.20. The largest absolute Gasteiger partial charge is 0.431 e. The normalized spacial score (nSPS) is 19.5. The molecule has 1 fully saturated rings. The predicted molar refractivity (Wildman–Crippen MR) is 82.4 cm³/mol. The minimum Gasteiger partial charge on any atom is -0.431 e. The first kappa shape index (κ1) is 18.4. The maximum Gasteiger partial charge on any atom is 0.387 e. The molecule has 3 nitrogen and oxygen atoms in total. The lowest BCUT2D eigenvalue weighted by molar-refractivity contribution is -0.0692. The molecule has 1 atom stereocenters. The number of halogens is 4. The van der Waals surface area contributed by atoms with Crippen LogP contribution in [0.5, 0.6) is 11.5 Å². The van der Waals surface area contributed by atoms with E-state index >= 15 is 0 Å². The van der Waals surface area contributed by atoms with Crippen molar-refractivity contribution in [1.29, 1.82) is 0 Å². The third kappa shape index (κ3) is 5.32. The molecule has 2 aliphatic rings. The molecule has 1 unspecified atom stereocenters. The second-order valence-electron chi connectivity index (χ2n) is 5.67. The lowest BCUT2D eigenvalue weighted by Crippen LogP contribution is -2.13. The van der Waals surface area contributed by atoms with Gasteiger partial charge >= 0.3 is 13.2 Å². The van der Waals surface area contributed by atoms with Crippen molar-refractivity contribution >= 4 is 0 Å². The zero-order valence-electron chi connectivity index (χ0n) is 13.4. The molecule has 24 heavy (non-hydrogen) atoms. The van der Waals surface area contributed by atoms with Crippen LogP contribution in [0.25, 0.3) is 0 Å². The van der Waals surface area contributed by atoms with Gasteiger partial charge in [0.15, 0.2) is 11.5 Å². The summed E-state index contributed by atoms with van der Waals surface area (Å²) in [4.78, 5) is 2.42. The molecule has 1 saturated heterocycles. The standard InChI is InChI=1S/C9H15N.C8H6F4O2/c1-10-7-6-8-4-2-3-5-9(8)10;9-7(10)13-5-3-1-2-4-6(5)14-8(11)12/h5,8H,2-4,6-7H2,1H3;1-4,7-8H. The Morgan fingerprint density at radius 3 is 2.08 bits per heavy atom. The summed E-state index contributed by atoms with van der Waals surface area (Å²) in [6.07, 6.45) is 8.01. The summed E-state index contributed by atoms with van der Waals surface area (Å²) >= 11 is 0. The fourth-order valence-electron chi connectivity index (χ4n) is 3.00. The van der Waals surface area contributed by atoms with E-state index in [-0.39, 0.29) is 0 Å². The number of nitrogens with zero attached hydrogens (tertiary/aromatic N) is 1. The van der Waals surface area contributed by atoms with Gasteiger partial charge in [0.25, 0.3) is 0 Å². The van der Waals surface area contributed by atoms with Gasteiger partial charge in [0.05, 0.1) is 0 Å². The topological polar surface area (TPSA) is 21.7 Å². The molecular weight excluding hydrogens is 326 g/mol. The summed E-state index contributed by atoms with van der Waals surface area (Å²) in [7, 11) is 2.22. The molecule has 1 heterocycles. The molecule has 0 spiro atoms. The van der Waals surface area contributed by atoms with Crippen LogP contribution in [0.2, 0.25) is 0 Å². The minimum absolute atomic E-state index is 0.414. The summed E-state index contributed by atoms with van der Waals surface area (Å²) < 4.78 is 55.0. The predicted octanol–water partition coefficient (Wildman–Crippen LogP) is 4.90. The van der Waals surface area contributed by atoms with Gasteiger partial charge in [-0.05, 0) is 37.8 Å². The Bertz CT molecular complexity index is 522. The van der Waals surface area contributed by atoms with Crippen LogP contribution >= 0.6 is 0 Å². The summed E-state index contributed by atoms with van der Waals surface area (Å²) in [6, 6.07) is 4.97. The molecule has 0 saturated carbocycles. The van der Waals surface area contributed by atoms with E-state index in [4.69, 9.17) is 0 Å². The Morgan fingerprint density at radius 2 is 1.58 bits per heavy atom. The maximum atomic E-state index is 11.8. The molecule has 3 rings (SSSR count). The van der Waals surface area contributed by atoms with Gasteiger partial charge in [0.2, 0.25) is 0 Å². The second-order valence-corrected chi connectivity index (χ2v) is 5.67. The highest BCUT2D eigenvalue weighted by molar-refractivity contribution is 5.39. The molecule has 134 valence electrons. The maximum absolute atomic E-state index is 11.8. The Labute approximate surface area is 138 Å². The van der Waals surface area contributed by atoms with Crippen LogP contribution in [-0.2, 0) is 0 Å². The molecule has 1 aliphatic carbocycles. The van der Waals surface area contributed by atoms with Crippen molar-refractivity contribution in [2.75, 3.05) is 13.6 Å². The number of rotatable bonds is 4. The summed E-state index contributed by atoms with van der Waals surface area (Å²) in [5.74, 6) is 0.101. The third-order valence-electron chi connectivity index (χ3n) is 4.06. The molecule has 1 aromatic rings. The third-order valence-corrected chi connectivity index (χ3v) is 4.06. The minimum atomic E-state index is -3.07. The Hall–Kier alpha value is -1.92. The fourth-order valence-corrected chi connectivity index (χ4v) is 3.00. The molecule has 0 aromatic heterocycles. The molecule has 0 bridgehead atoms. The van der Waals surface area contributed by atoms with Crippen molar-refractivity contribution in [3.8, 4) is 11.5 Å². The average Bonchev–Trinajstić information content (AvgIpc) is 2.91. The van der Waals surface area contributed by atoms with Crippen LogP contribution in [0, 0.1) is 5.92 Å². The van der Waals surface area contributed by atoms with E-state index in [9.17, 15) is 17.6 Å². The van der Waals surface area contributed by atoms with Crippen LogP contribution in [-0.4, -0.2) is 31.7 Å². The van der Waals surface area contributed by atoms with E-state index in [1.54, 1.807) is 5.70 Å². The number of fused-ring (bicyclic) bond motifs is 1. The van der Waals surface area contributed by atoms with E-state index in [0.29, 0.717) is 0 Å². The van der Waals surface area contributed by atoms with E-state index in [1.807, 2.05) is 0 Å². The van der Waals surface area contributed by atoms with Gasteiger partial charge < -0.3 is 14.4 Å². The number of benzene rings is 1. The smallest absolute Gasteiger partial charge is 0.387 e.